The fourth-order valence-electron chi connectivity index (χ4n) is 1.81. The van der Waals surface area contributed by atoms with E-state index in [0.717, 1.165) is 18.9 Å². The second-order valence-corrected chi connectivity index (χ2v) is 4.03. The predicted octanol–water partition coefficient (Wildman–Crippen LogP) is 4.17. The molecule has 16 heavy (non-hydrogen) atoms. The van der Waals surface area contributed by atoms with E-state index in [2.05, 4.69) is 0 Å². The third-order valence-electron chi connectivity index (χ3n) is 2.80. The minimum Gasteiger partial charge on any atom is -0.206 e. The lowest BCUT2D eigenvalue weighted by Crippen LogP contribution is -2.13. The third kappa shape index (κ3) is 1.79. The molecule has 0 atom stereocenters. The molecule has 1 aliphatic carbocycles. The summed E-state index contributed by atoms with van der Waals surface area (Å²) in [5, 5.41) is 0. The number of hydrogen-bond donors (Lipinski definition) is 0. The molecule has 0 aliphatic heterocycles. The Kier molecular flexibility index (Phi) is 2.44. The third-order valence-corrected chi connectivity index (χ3v) is 2.80. The van der Waals surface area contributed by atoms with E-state index in [0.29, 0.717) is 5.56 Å². The molecule has 0 amide bonds. The minimum absolute atomic E-state index is 0.0197. The Labute approximate surface area is 89.1 Å². The van der Waals surface area contributed by atoms with Crippen molar-refractivity contribution in [3.8, 4) is 0 Å². The van der Waals surface area contributed by atoms with Gasteiger partial charge >= 0.3 is 6.18 Å². The highest BCUT2D eigenvalue weighted by molar-refractivity contribution is 5.39. The van der Waals surface area contributed by atoms with Crippen LogP contribution in [0.25, 0.3) is 0 Å². The van der Waals surface area contributed by atoms with Crippen molar-refractivity contribution in [3.63, 3.8) is 0 Å². The molecule has 1 aliphatic rings. The predicted molar refractivity (Wildman–Crippen MR) is 48.1 cm³/mol. The Balaban J connectivity index is 2.60. The molecule has 0 unspecified atom stereocenters. The van der Waals surface area contributed by atoms with Gasteiger partial charge in [-0.05, 0) is 42.9 Å². The van der Waals surface area contributed by atoms with Gasteiger partial charge in [0.2, 0.25) is 0 Å². The number of alkyl halides is 3. The van der Waals surface area contributed by atoms with E-state index in [1.54, 1.807) is 0 Å². The van der Waals surface area contributed by atoms with Crippen LogP contribution >= 0.6 is 0 Å². The van der Waals surface area contributed by atoms with Crippen LogP contribution in [0.4, 0.5) is 22.0 Å². The van der Waals surface area contributed by atoms with Gasteiger partial charge in [-0.15, -0.1) is 0 Å². The molecule has 1 saturated carbocycles. The largest absolute Gasteiger partial charge is 0.422 e. The van der Waals surface area contributed by atoms with Crippen molar-refractivity contribution in [2.24, 2.45) is 0 Å². The molecule has 0 bridgehead atoms. The van der Waals surface area contributed by atoms with Crippen molar-refractivity contribution in [3.05, 3.63) is 34.4 Å². The summed E-state index contributed by atoms with van der Waals surface area (Å²) in [4.78, 5) is 0. The Morgan fingerprint density at radius 1 is 1.19 bits per heavy atom. The van der Waals surface area contributed by atoms with Crippen molar-refractivity contribution >= 4 is 0 Å². The van der Waals surface area contributed by atoms with E-state index in [-0.39, 0.29) is 11.5 Å². The van der Waals surface area contributed by atoms with Crippen LogP contribution in [0.15, 0.2) is 6.07 Å². The molecule has 0 N–H and O–H groups in total. The molecule has 2 rings (SSSR count). The molecule has 0 radical (unpaired) electrons. The second-order valence-electron chi connectivity index (χ2n) is 4.03. The molecule has 0 saturated heterocycles. The number of halogens is 5. The van der Waals surface area contributed by atoms with E-state index < -0.39 is 23.4 Å². The Hall–Kier alpha value is -1.13. The van der Waals surface area contributed by atoms with Crippen molar-refractivity contribution < 1.29 is 22.0 Å². The fraction of sp³-hybridized carbons (Fsp3) is 0.455. The lowest BCUT2D eigenvalue weighted by atomic mass is 9.99. The lowest BCUT2D eigenvalue weighted by molar-refractivity contribution is -0.142. The quantitative estimate of drug-likeness (QED) is 0.642. The number of benzene rings is 1. The van der Waals surface area contributed by atoms with Gasteiger partial charge in [-0.25, -0.2) is 8.78 Å². The highest BCUT2D eigenvalue weighted by Gasteiger charge is 2.40. The molecular formula is C11H9F5. The normalized spacial score (nSPS) is 16.6. The van der Waals surface area contributed by atoms with Crippen LogP contribution in [0.2, 0.25) is 0 Å². The zero-order valence-corrected chi connectivity index (χ0v) is 8.46. The van der Waals surface area contributed by atoms with E-state index in [1.807, 2.05) is 0 Å². The first-order chi connectivity index (χ1) is 7.32. The standard InChI is InChI=1S/C11H9F5/c1-5-7(6-2-3-6)4-8(12)9(10(5)13)11(14,15)16/h4,6H,2-3H2,1H3. The summed E-state index contributed by atoms with van der Waals surface area (Å²) >= 11 is 0. The van der Waals surface area contributed by atoms with Gasteiger partial charge in [0.1, 0.15) is 17.2 Å². The van der Waals surface area contributed by atoms with Gasteiger partial charge < -0.3 is 0 Å². The topological polar surface area (TPSA) is 0 Å². The van der Waals surface area contributed by atoms with Crippen molar-refractivity contribution in [2.45, 2.75) is 31.9 Å². The van der Waals surface area contributed by atoms with Crippen LogP contribution in [-0.2, 0) is 6.18 Å². The van der Waals surface area contributed by atoms with Crippen LogP contribution in [0.1, 0.15) is 35.4 Å². The summed E-state index contributed by atoms with van der Waals surface area (Å²) in [7, 11) is 0. The molecule has 0 heterocycles. The van der Waals surface area contributed by atoms with Gasteiger partial charge in [-0.2, -0.15) is 13.2 Å². The monoisotopic (exact) mass is 236 g/mol. The maximum atomic E-state index is 13.4. The Morgan fingerprint density at radius 2 is 1.75 bits per heavy atom. The van der Waals surface area contributed by atoms with E-state index in [1.165, 1.54) is 6.92 Å². The van der Waals surface area contributed by atoms with Crippen LogP contribution in [-0.4, -0.2) is 0 Å². The molecule has 0 nitrogen and oxygen atoms in total. The minimum atomic E-state index is -4.99. The zero-order valence-electron chi connectivity index (χ0n) is 8.46. The summed E-state index contributed by atoms with van der Waals surface area (Å²) in [5.41, 5.74) is -1.51. The van der Waals surface area contributed by atoms with E-state index in [4.69, 9.17) is 0 Å². The SMILES string of the molecule is Cc1c(C2CC2)cc(F)c(C(F)(F)F)c1F. The van der Waals surface area contributed by atoms with Crippen LogP contribution < -0.4 is 0 Å². The molecular weight excluding hydrogens is 227 g/mol. The van der Waals surface area contributed by atoms with Crippen molar-refractivity contribution in [1.29, 1.82) is 0 Å². The first-order valence-corrected chi connectivity index (χ1v) is 4.88. The van der Waals surface area contributed by atoms with E-state index >= 15 is 0 Å². The highest BCUT2D eigenvalue weighted by Crippen LogP contribution is 2.44. The molecule has 0 aromatic heterocycles. The van der Waals surface area contributed by atoms with Crippen LogP contribution in [0.3, 0.4) is 0 Å². The second kappa shape index (κ2) is 3.43. The summed E-state index contributed by atoms with van der Waals surface area (Å²) in [6.07, 6.45) is -3.42. The number of rotatable bonds is 1. The van der Waals surface area contributed by atoms with Gasteiger partial charge in [-0.1, -0.05) is 0 Å². The fourth-order valence-corrected chi connectivity index (χ4v) is 1.81. The molecule has 5 heteroatoms. The average Bonchev–Trinajstić information content (AvgIpc) is 2.92. The molecule has 1 fully saturated rings. The Morgan fingerprint density at radius 3 is 2.19 bits per heavy atom. The zero-order chi connectivity index (χ0) is 12.1. The van der Waals surface area contributed by atoms with Gasteiger partial charge in [-0.3, -0.25) is 0 Å². The van der Waals surface area contributed by atoms with E-state index in [9.17, 15) is 22.0 Å². The number of hydrogen-bond acceptors (Lipinski definition) is 0. The first kappa shape index (κ1) is 11.4. The highest BCUT2D eigenvalue weighted by atomic mass is 19.4. The molecule has 0 spiro atoms. The van der Waals surface area contributed by atoms with Gasteiger partial charge in [0.15, 0.2) is 0 Å². The van der Waals surface area contributed by atoms with Gasteiger partial charge in [0.25, 0.3) is 0 Å². The lowest BCUT2D eigenvalue weighted by Gasteiger charge is -2.14. The summed E-state index contributed by atoms with van der Waals surface area (Å²) in [6.45, 7) is 1.26. The Bertz CT molecular complexity index is 429. The van der Waals surface area contributed by atoms with Crippen molar-refractivity contribution in [1.82, 2.24) is 0 Å². The van der Waals surface area contributed by atoms with Crippen LogP contribution in [0, 0.1) is 18.6 Å². The molecule has 1 aromatic rings. The summed E-state index contributed by atoms with van der Waals surface area (Å²) < 4.78 is 63.7. The first-order valence-electron chi connectivity index (χ1n) is 4.88. The maximum absolute atomic E-state index is 13.4. The summed E-state index contributed by atoms with van der Waals surface area (Å²) in [6, 6.07) is 0.818. The molecule has 88 valence electrons. The molecule has 1 aromatic carbocycles. The van der Waals surface area contributed by atoms with Gasteiger partial charge in [0.05, 0.1) is 0 Å². The maximum Gasteiger partial charge on any atom is 0.422 e. The summed E-state index contributed by atoms with van der Waals surface area (Å²) in [5.74, 6) is -2.97. The smallest absolute Gasteiger partial charge is 0.206 e. The van der Waals surface area contributed by atoms with Crippen molar-refractivity contribution in [2.75, 3.05) is 0 Å². The average molecular weight is 236 g/mol. The van der Waals surface area contributed by atoms with Gasteiger partial charge in [0, 0.05) is 0 Å². The van der Waals surface area contributed by atoms with Crippen LogP contribution in [0.5, 0.6) is 0 Å².